The van der Waals surface area contributed by atoms with Crippen LogP contribution < -0.4 is 19.5 Å². The maximum atomic E-state index is 13.9. The molecule has 0 spiro atoms. The Bertz CT molecular complexity index is 1810. The second kappa shape index (κ2) is 18.6. The molecule has 0 radical (unpaired) electrons. The number of ketones is 2. The van der Waals surface area contributed by atoms with Crippen LogP contribution in [-0.4, -0.2) is 81.8 Å². The lowest BCUT2D eigenvalue weighted by atomic mass is 9.73. The van der Waals surface area contributed by atoms with E-state index in [4.69, 9.17) is 28.9 Å². The van der Waals surface area contributed by atoms with E-state index >= 15 is 0 Å². The maximum absolute atomic E-state index is 13.9. The number of amides is 2. The molecule has 1 aromatic heterocycles. The summed E-state index contributed by atoms with van der Waals surface area (Å²) in [6, 6.07) is 19.3. The molecular formula is C36H43BN3O12P. The molecule has 0 bridgehead atoms. The molecule has 1 aliphatic rings. The highest BCUT2D eigenvalue weighted by Gasteiger charge is 2.43. The summed E-state index contributed by atoms with van der Waals surface area (Å²) in [4.78, 5) is 86.7. The molecule has 0 saturated carbocycles. The molecule has 15 nitrogen and oxygen atoms in total. The van der Waals surface area contributed by atoms with Gasteiger partial charge < -0.3 is 34.3 Å². The summed E-state index contributed by atoms with van der Waals surface area (Å²) in [5.41, 5.74) is -0.559. The van der Waals surface area contributed by atoms with Gasteiger partial charge in [0.15, 0.2) is 11.4 Å². The van der Waals surface area contributed by atoms with Crippen LogP contribution in [0.15, 0.2) is 72.9 Å². The third kappa shape index (κ3) is 12.0. The molecule has 0 saturated heterocycles. The summed E-state index contributed by atoms with van der Waals surface area (Å²) in [5.74, 6) is -3.49. The highest BCUT2D eigenvalue weighted by Crippen LogP contribution is 2.43. The monoisotopic (exact) mass is 751 g/mol. The SMILES string of the molecule is CC(C)C[C@H](NC(=O)[C@@H](CC(=O)c1ccccn1)Cc1ccccc1)B1Oc2ccc(N(C)C(=O)OCCCC(=O)CC(C(=O)O)P(=O)(O)O)cc2O1. The third-order valence-corrected chi connectivity index (χ3v) is 9.69. The van der Waals surface area contributed by atoms with Crippen molar-refractivity contribution in [2.24, 2.45) is 11.8 Å². The molecular weight excluding hydrogens is 708 g/mol. The number of rotatable bonds is 19. The average molecular weight is 752 g/mol. The fourth-order valence-corrected chi connectivity index (χ4v) is 6.42. The van der Waals surface area contributed by atoms with Crippen molar-refractivity contribution in [2.75, 3.05) is 18.6 Å². The van der Waals surface area contributed by atoms with Crippen molar-refractivity contribution in [3.8, 4) is 11.5 Å². The zero-order valence-corrected chi connectivity index (χ0v) is 30.5. The molecule has 3 aromatic rings. The van der Waals surface area contributed by atoms with Gasteiger partial charge in [0, 0.05) is 44.5 Å². The number of aliphatic carboxylic acids is 1. The predicted octanol–water partition coefficient (Wildman–Crippen LogP) is 4.49. The lowest BCUT2D eigenvalue weighted by Crippen LogP contribution is -2.53. The van der Waals surface area contributed by atoms with E-state index in [0.717, 1.165) is 5.56 Å². The number of carboxylic acid groups (broad SMARTS) is 1. The lowest BCUT2D eigenvalue weighted by Gasteiger charge is -2.24. The molecule has 2 heterocycles. The normalized spacial score (nSPS) is 13.9. The molecule has 1 unspecified atom stereocenters. The van der Waals surface area contributed by atoms with Crippen LogP contribution in [0.1, 0.15) is 62.0 Å². The van der Waals surface area contributed by atoms with E-state index in [0.29, 0.717) is 30.0 Å². The number of aromatic nitrogens is 1. The molecule has 2 aromatic carbocycles. The van der Waals surface area contributed by atoms with E-state index in [-0.39, 0.29) is 49.2 Å². The first-order valence-electron chi connectivity index (χ1n) is 17.1. The molecule has 0 fully saturated rings. The average Bonchev–Trinajstić information content (AvgIpc) is 3.55. The first-order valence-corrected chi connectivity index (χ1v) is 18.8. The van der Waals surface area contributed by atoms with E-state index in [1.165, 1.54) is 18.1 Å². The first-order chi connectivity index (χ1) is 25.1. The van der Waals surface area contributed by atoms with Gasteiger partial charge in [0.1, 0.15) is 23.0 Å². The minimum atomic E-state index is -5.01. The quantitative estimate of drug-likeness (QED) is 0.0575. The topological polar surface area (TPSA) is 219 Å². The summed E-state index contributed by atoms with van der Waals surface area (Å²) >= 11 is 0. The minimum absolute atomic E-state index is 0.0151. The summed E-state index contributed by atoms with van der Waals surface area (Å²) in [6.45, 7) is 3.79. The summed E-state index contributed by atoms with van der Waals surface area (Å²) in [5, 5.41) is 12.1. The Kier molecular flexibility index (Phi) is 14.3. The van der Waals surface area contributed by atoms with Crippen LogP contribution >= 0.6 is 7.60 Å². The number of Topliss-reactive ketones (excluding diaryl/α,β-unsaturated/α-hetero) is 2. The number of anilines is 1. The second-order valence-corrected chi connectivity index (χ2v) is 15.0. The smallest absolute Gasteiger partial charge is 0.522 e. The Hall–Kier alpha value is -5.05. The number of ether oxygens (including phenoxy) is 1. The number of benzene rings is 2. The van der Waals surface area contributed by atoms with Gasteiger partial charge in [-0.05, 0) is 55.0 Å². The fourth-order valence-electron chi connectivity index (χ4n) is 5.69. The third-order valence-electron chi connectivity index (χ3n) is 8.47. The van der Waals surface area contributed by atoms with Gasteiger partial charge in [-0.3, -0.25) is 33.6 Å². The van der Waals surface area contributed by atoms with E-state index in [9.17, 15) is 28.5 Å². The van der Waals surface area contributed by atoms with E-state index in [1.54, 1.807) is 36.4 Å². The summed E-state index contributed by atoms with van der Waals surface area (Å²) < 4.78 is 28.8. The molecule has 4 N–H and O–H groups in total. The zero-order chi connectivity index (χ0) is 38.7. The van der Waals surface area contributed by atoms with E-state index in [1.807, 2.05) is 44.2 Å². The van der Waals surface area contributed by atoms with Crippen molar-refractivity contribution < 1.29 is 57.5 Å². The molecule has 53 heavy (non-hydrogen) atoms. The lowest BCUT2D eigenvalue weighted by molar-refractivity contribution is -0.138. The minimum Gasteiger partial charge on any atom is -0.522 e. The van der Waals surface area contributed by atoms with E-state index in [2.05, 4.69) is 10.3 Å². The van der Waals surface area contributed by atoms with Gasteiger partial charge in [-0.25, -0.2) is 4.79 Å². The Balaban J connectivity index is 1.37. The van der Waals surface area contributed by atoms with Crippen molar-refractivity contribution in [3.05, 3.63) is 84.2 Å². The Labute approximate surface area is 307 Å². The van der Waals surface area contributed by atoms with Crippen molar-refractivity contribution in [1.29, 1.82) is 0 Å². The number of hydrogen-bond acceptors (Lipinski definition) is 10. The van der Waals surface area contributed by atoms with Crippen LogP contribution in [0.25, 0.3) is 0 Å². The largest absolute Gasteiger partial charge is 0.618 e. The Morgan fingerprint density at radius 2 is 1.66 bits per heavy atom. The molecule has 3 atom stereocenters. The predicted molar refractivity (Wildman–Crippen MR) is 194 cm³/mol. The number of carbonyl (C=O) groups excluding carboxylic acids is 4. The van der Waals surface area contributed by atoms with Crippen molar-refractivity contribution in [2.45, 2.75) is 64.0 Å². The summed E-state index contributed by atoms with van der Waals surface area (Å²) in [7, 11) is -4.46. The highest BCUT2D eigenvalue weighted by atomic mass is 31.2. The van der Waals surface area contributed by atoms with Gasteiger partial charge in [0.2, 0.25) is 5.91 Å². The maximum Gasteiger partial charge on any atom is 0.618 e. The number of hydrogen-bond donors (Lipinski definition) is 4. The number of fused-ring (bicyclic) bond motifs is 1. The zero-order valence-electron chi connectivity index (χ0n) is 29.6. The molecule has 4 rings (SSSR count). The second-order valence-electron chi connectivity index (χ2n) is 13.2. The standard InChI is InChI=1S/C36H43BN3O12P/c1-23(2)18-33(39-34(43)25(19-24-10-5-4-6-11-24)20-29(42)28-13-7-8-16-38-28)37-51-30-15-14-26(21-31(30)52-37)40(3)36(46)50-17-9-12-27(41)22-32(35(44)45)53(47,48)49/h4-8,10-11,13-16,21,23,25,32-33H,9,12,17-20,22H2,1-3H3,(H,39,43)(H,44,45)(H2,47,48,49)/t25-,32?,33+/m1/s1. The number of nitrogens with zero attached hydrogens (tertiary/aromatic N) is 2. The van der Waals surface area contributed by atoms with Crippen molar-refractivity contribution >= 4 is 49.9 Å². The molecule has 1 aliphatic heterocycles. The summed E-state index contributed by atoms with van der Waals surface area (Å²) in [6.07, 6.45) is 0.474. The number of pyridine rings is 1. The molecule has 0 aliphatic carbocycles. The van der Waals surface area contributed by atoms with Crippen LogP contribution in [0.5, 0.6) is 11.5 Å². The molecule has 282 valence electrons. The van der Waals surface area contributed by atoms with Gasteiger partial charge in [-0.1, -0.05) is 50.2 Å². The van der Waals surface area contributed by atoms with Gasteiger partial charge in [-0.15, -0.1) is 0 Å². The van der Waals surface area contributed by atoms with Crippen molar-refractivity contribution in [1.82, 2.24) is 10.3 Å². The van der Waals surface area contributed by atoms with Crippen LogP contribution in [0.4, 0.5) is 10.5 Å². The van der Waals surface area contributed by atoms with Crippen LogP contribution in [-0.2, 0) is 30.1 Å². The van der Waals surface area contributed by atoms with Crippen molar-refractivity contribution in [3.63, 3.8) is 0 Å². The van der Waals surface area contributed by atoms with Crippen LogP contribution in [0.2, 0.25) is 0 Å². The first kappa shape index (κ1) is 40.7. The van der Waals surface area contributed by atoms with Crippen LogP contribution in [0.3, 0.4) is 0 Å². The Morgan fingerprint density at radius 1 is 0.962 bits per heavy atom. The number of carboxylic acids is 1. The van der Waals surface area contributed by atoms with Gasteiger partial charge >= 0.3 is 26.8 Å². The Morgan fingerprint density at radius 3 is 2.30 bits per heavy atom. The van der Waals surface area contributed by atoms with Gasteiger partial charge in [0.05, 0.1) is 18.2 Å². The van der Waals surface area contributed by atoms with Crippen LogP contribution in [0, 0.1) is 11.8 Å². The number of nitrogens with one attached hydrogen (secondary N) is 1. The fraction of sp³-hybridized carbons (Fsp3) is 0.389. The van der Waals surface area contributed by atoms with Gasteiger partial charge in [-0.2, -0.15) is 0 Å². The number of carbonyl (C=O) groups is 5. The molecule has 2 amide bonds. The van der Waals surface area contributed by atoms with E-state index < -0.39 is 56.5 Å². The highest BCUT2D eigenvalue weighted by molar-refractivity contribution is 7.53. The van der Waals surface area contributed by atoms with Gasteiger partial charge in [0.25, 0.3) is 0 Å². The molecule has 17 heteroatoms.